The lowest BCUT2D eigenvalue weighted by Crippen LogP contribution is -2.04. The Bertz CT molecular complexity index is 386. The predicted octanol–water partition coefficient (Wildman–Crippen LogP) is 2.48. The first-order chi connectivity index (χ1) is 8.13. The Hall–Kier alpha value is -1.91. The highest BCUT2D eigenvalue weighted by atomic mass is 16.6. The number of aryl methyl sites for hydroxylation is 1. The van der Waals surface area contributed by atoms with E-state index in [-0.39, 0.29) is 11.7 Å². The van der Waals surface area contributed by atoms with Gasteiger partial charge in [-0.2, -0.15) is 0 Å². The number of hydrogen-bond donors (Lipinski definition) is 0. The Balaban J connectivity index is 2.37. The van der Waals surface area contributed by atoms with Gasteiger partial charge in [0.1, 0.15) is 0 Å². The first-order valence-corrected chi connectivity index (χ1v) is 5.52. The SMILES string of the molecule is CCOC(=O)CCCc1ccc([N+](=O)[O-])cc1. The fourth-order valence-electron chi connectivity index (χ4n) is 1.45. The molecule has 0 unspecified atom stereocenters. The van der Waals surface area contributed by atoms with Crippen molar-refractivity contribution in [2.24, 2.45) is 0 Å². The number of benzene rings is 1. The summed E-state index contributed by atoms with van der Waals surface area (Å²) in [5.41, 5.74) is 1.07. The molecule has 17 heavy (non-hydrogen) atoms. The number of carbonyl (C=O) groups excluding carboxylic acids is 1. The molecule has 0 radical (unpaired) electrons. The molecule has 1 rings (SSSR count). The van der Waals surface area contributed by atoms with E-state index in [9.17, 15) is 14.9 Å². The average Bonchev–Trinajstić information content (AvgIpc) is 2.30. The van der Waals surface area contributed by atoms with Crippen LogP contribution in [0.3, 0.4) is 0 Å². The number of nitro benzene ring substituents is 1. The Kier molecular flexibility index (Phi) is 5.13. The number of carbonyl (C=O) groups is 1. The predicted molar refractivity (Wildman–Crippen MR) is 62.7 cm³/mol. The van der Waals surface area contributed by atoms with Gasteiger partial charge in [-0.15, -0.1) is 0 Å². The van der Waals surface area contributed by atoms with Crippen molar-refractivity contribution in [1.82, 2.24) is 0 Å². The highest BCUT2D eigenvalue weighted by Crippen LogP contribution is 2.13. The minimum Gasteiger partial charge on any atom is -0.466 e. The Morgan fingerprint density at radius 3 is 2.53 bits per heavy atom. The molecule has 0 fully saturated rings. The van der Waals surface area contributed by atoms with E-state index in [0.717, 1.165) is 12.0 Å². The van der Waals surface area contributed by atoms with Gasteiger partial charge in [0.25, 0.3) is 5.69 Å². The van der Waals surface area contributed by atoms with Gasteiger partial charge < -0.3 is 4.74 Å². The summed E-state index contributed by atoms with van der Waals surface area (Å²) in [6.45, 7) is 2.17. The third-order valence-electron chi connectivity index (χ3n) is 2.30. The third-order valence-corrected chi connectivity index (χ3v) is 2.30. The zero-order chi connectivity index (χ0) is 12.7. The van der Waals surface area contributed by atoms with Crippen LogP contribution in [-0.4, -0.2) is 17.5 Å². The van der Waals surface area contributed by atoms with Crippen molar-refractivity contribution in [3.8, 4) is 0 Å². The quantitative estimate of drug-likeness (QED) is 0.433. The van der Waals surface area contributed by atoms with Crippen LogP contribution >= 0.6 is 0 Å². The standard InChI is InChI=1S/C12H15NO4/c1-2-17-12(14)5-3-4-10-6-8-11(9-7-10)13(15)16/h6-9H,2-5H2,1H3. The topological polar surface area (TPSA) is 69.4 Å². The molecule has 0 atom stereocenters. The highest BCUT2D eigenvalue weighted by Gasteiger charge is 2.05. The molecule has 0 heterocycles. The number of nitro groups is 1. The van der Waals surface area contributed by atoms with E-state index >= 15 is 0 Å². The van der Waals surface area contributed by atoms with Crippen molar-refractivity contribution in [2.45, 2.75) is 26.2 Å². The molecule has 0 saturated heterocycles. The Labute approximate surface area is 99.5 Å². The van der Waals surface area contributed by atoms with Crippen LogP contribution in [0.5, 0.6) is 0 Å². The molecule has 0 saturated carbocycles. The molecule has 0 N–H and O–H groups in total. The lowest BCUT2D eigenvalue weighted by molar-refractivity contribution is -0.384. The first kappa shape index (κ1) is 13.2. The van der Waals surface area contributed by atoms with E-state index in [1.165, 1.54) is 12.1 Å². The largest absolute Gasteiger partial charge is 0.466 e. The second-order valence-corrected chi connectivity index (χ2v) is 3.58. The highest BCUT2D eigenvalue weighted by molar-refractivity contribution is 5.69. The second kappa shape index (κ2) is 6.62. The van der Waals surface area contributed by atoms with Gasteiger partial charge in [0.15, 0.2) is 0 Å². The van der Waals surface area contributed by atoms with E-state index in [0.29, 0.717) is 19.4 Å². The van der Waals surface area contributed by atoms with Crippen LogP contribution in [0.4, 0.5) is 5.69 Å². The number of ether oxygens (including phenoxy) is 1. The maximum absolute atomic E-state index is 11.1. The van der Waals surface area contributed by atoms with Gasteiger partial charge >= 0.3 is 5.97 Å². The fraction of sp³-hybridized carbons (Fsp3) is 0.417. The van der Waals surface area contributed by atoms with E-state index in [4.69, 9.17) is 4.74 Å². The number of rotatable bonds is 6. The maximum Gasteiger partial charge on any atom is 0.305 e. The van der Waals surface area contributed by atoms with Crippen molar-refractivity contribution < 1.29 is 14.5 Å². The average molecular weight is 237 g/mol. The molecule has 0 aromatic heterocycles. The summed E-state index contributed by atoms with van der Waals surface area (Å²) in [5, 5.41) is 10.4. The van der Waals surface area contributed by atoms with Gasteiger partial charge in [-0.1, -0.05) is 12.1 Å². The lowest BCUT2D eigenvalue weighted by atomic mass is 10.1. The number of esters is 1. The lowest BCUT2D eigenvalue weighted by Gasteiger charge is -2.02. The van der Waals surface area contributed by atoms with E-state index in [1.54, 1.807) is 19.1 Å². The van der Waals surface area contributed by atoms with Gasteiger partial charge in [-0.05, 0) is 25.3 Å². The molecule has 1 aromatic carbocycles. The minimum absolute atomic E-state index is 0.0825. The third kappa shape index (κ3) is 4.63. The Morgan fingerprint density at radius 1 is 1.35 bits per heavy atom. The van der Waals surface area contributed by atoms with Crippen molar-refractivity contribution in [2.75, 3.05) is 6.61 Å². The van der Waals surface area contributed by atoms with E-state index < -0.39 is 4.92 Å². The van der Waals surface area contributed by atoms with Gasteiger partial charge in [0.2, 0.25) is 0 Å². The summed E-state index contributed by atoms with van der Waals surface area (Å²) < 4.78 is 4.80. The van der Waals surface area contributed by atoms with Crippen molar-refractivity contribution >= 4 is 11.7 Å². The number of non-ortho nitro benzene ring substituents is 1. The molecule has 0 amide bonds. The smallest absolute Gasteiger partial charge is 0.305 e. The molecule has 0 spiro atoms. The zero-order valence-corrected chi connectivity index (χ0v) is 9.72. The van der Waals surface area contributed by atoms with Crippen LogP contribution in [0.15, 0.2) is 24.3 Å². The summed E-state index contributed by atoms with van der Waals surface area (Å²) in [6.07, 6.45) is 1.79. The van der Waals surface area contributed by atoms with Crippen LogP contribution in [0.1, 0.15) is 25.3 Å². The summed E-state index contributed by atoms with van der Waals surface area (Å²) in [7, 11) is 0. The summed E-state index contributed by atoms with van der Waals surface area (Å²) >= 11 is 0. The van der Waals surface area contributed by atoms with E-state index in [1.807, 2.05) is 0 Å². The van der Waals surface area contributed by atoms with Crippen LogP contribution in [0, 0.1) is 10.1 Å². The van der Waals surface area contributed by atoms with E-state index in [2.05, 4.69) is 0 Å². The molecule has 1 aromatic rings. The maximum atomic E-state index is 11.1. The molecule has 0 bridgehead atoms. The first-order valence-electron chi connectivity index (χ1n) is 5.52. The van der Waals surface area contributed by atoms with Crippen LogP contribution < -0.4 is 0 Å². The molecule has 5 heteroatoms. The summed E-state index contributed by atoms with van der Waals surface area (Å²) in [5.74, 6) is -0.200. The van der Waals surface area contributed by atoms with Gasteiger partial charge in [0, 0.05) is 18.6 Å². The normalized spacial score (nSPS) is 9.94. The number of hydrogen-bond acceptors (Lipinski definition) is 4. The molecule has 5 nitrogen and oxygen atoms in total. The van der Waals surface area contributed by atoms with Crippen LogP contribution in [-0.2, 0) is 16.0 Å². The molecule has 0 aliphatic heterocycles. The van der Waals surface area contributed by atoms with Gasteiger partial charge in [0.05, 0.1) is 11.5 Å². The zero-order valence-electron chi connectivity index (χ0n) is 9.72. The summed E-state index contributed by atoms with van der Waals surface area (Å²) in [6, 6.07) is 6.37. The molecular weight excluding hydrogens is 222 g/mol. The van der Waals surface area contributed by atoms with Crippen LogP contribution in [0.2, 0.25) is 0 Å². The van der Waals surface area contributed by atoms with Crippen molar-refractivity contribution in [3.63, 3.8) is 0 Å². The Morgan fingerprint density at radius 2 is 2.00 bits per heavy atom. The monoisotopic (exact) mass is 237 g/mol. The molecular formula is C12H15NO4. The minimum atomic E-state index is -0.428. The summed E-state index contributed by atoms with van der Waals surface area (Å²) in [4.78, 5) is 21.1. The van der Waals surface area contributed by atoms with Gasteiger partial charge in [-0.25, -0.2) is 0 Å². The van der Waals surface area contributed by atoms with Crippen molar-refractivity contribution in [1.29, 1.82) is 0 Å². The van der Waals surface area contributed by atoms with Crippen molar-refractivity contribution in [3.05, 3.63) is 39.9 Å². The van der Waals surface area contributed by atoms with Gasteiger partial charge in [-0.3, -0.25) is 14.9 Å². The molecule has 92 valence electrons. The fourth-order valence-corrected chi connectivity index (χ4v) is 1.45. The molecule has 0 aliphatic carbocycles. The number of nitrogens with zero attached hydrogens (tertiary/aromatic N) is 1. The molecule has 0 aliphatic rings. The second-order valence-electron chi connectivity index (χ2n) is 3.58. The van der Waals surface area contributed by atoms with Crippen LogP contribution in [0.25, 0.3) is 0 Å².